The van der Waals surface area contributed by atoms with Crippen molar-refractivity contribution in [1.82, 2.24) is 0 Å². The van der Waals surface area contributed by atoms with Gasteiger partial charge in [-0.05, 0) is 19.8 Å². The van der Waals surface area contributed by atoms with Crippen molar-refractivity contribution in [2.45, 2.75) is 19.8 Å². The predicted octanol–water partition coefficient (Wildman–Crippen LogP) is 0.530. The van der Waals surface area contributed by atoms with E-state index in [1.54, 1.807) is 0 Å². The summed E-state index contributed by atoms with van der Waals surface area (Å²) in [6.07, 6.45) is 1.98. The molecule has 0 unspecified atom stereocenters. The Hall–Kier alpha value is -0.114. The first-order valence-electron chi connectivity index (χ1n) is 3.68. The van der Waals surface area contributed by atoms with Crippen LogP contribution in [0.3, 0.4) is 0 Å². The van der Waals surface area contributed by atoms with Crippen molar-refractivity contribution in [2.24, 2.45) is 0 Å². The first-order chi connectivity index (χ1) is 5.83. The number of carboxylic acids is 1. The van der Waals surface area contributed by atoms with Gasteiger partial charge in [-0.2, -0.15) is 8.42 Å². The first-order valence-corrected chi connectivity index (χ1v) is 5.29. The van der Waals surface area contributed by atoms with E-state index >= 15 is 0 Å². The third kappa shape index (κ3) is 9.97. The molecule has 0 radical (unpaired) electrons. The number of unbranched alkanes of at least 4 members (excludes halogenated alkanes) is 1. The SMILES string of the molecule is CC(=CCCCS(=O)(=O)O)C(=O)O.[H-].[H-].[Mg+2]. The van der Waals surface area contributed by atoms with Crippen LogP contribution >= 0.6 is 0 Å². The van der Waals surface area contributed by atoms with Crippen molar-refractivity contribution in [2.75, 3.05) is 5.75 Å². The Balaban J connectivity index is -0.000000240. The second-order valence-corrected chi connectivity index (χ2v) is 4.19. The van der Waals surface area contributed by atoms with E-state index in [0.29, 0.717) is 6.42 Å². The maximum Gasteiger partial charge on any atom is 2.00 e. The third-order valence-corrected chi connectivity index (χ3v) is 2.20. The molecule has 0 aliphatic heterocycles. The summed E-state index contributed by atoms with van der Waals surface area (Å²) in [6.45, 7) is 1.43. The monoisotopic (exact) mass is 234 g/mol. The van der Waals surface area contributed by atoms with E-state index in [2.05, 4.69) is 0 Å². The fraction of sp³-hybridized carbons (Fsp3) is 0.571. The number of aliphatic carboxylic acids is 1. The minimum atomic E-state index is -3.92. The molecule has 0 bridgehead atoms. The number of hydrogen-bond donors (Lipinski definition) is 2. The van der Waals surface area contributed by atoms with Crippen molar-refractivity contribution in [3.8, 4) is 0 Å². The summed E-state index contributed by atoms with van der Waals surface area (Å²) < 4.78 is 28.8. The second-order valence-electron chi connectivity index (χ2n) is 2.62. The molecular formula is C7H14MgO5S. The van der Waals surface area contributed by atoms with Crippen molar-refractivity contribution >= 4 is 39.1 Å². The van der Waals surface area contributed by atoms with Gasteiger partial charge in [0.2, 0.25) is 0 Å². The number of carbonyl (C=O) groups is 1. The summed E-state index contributed by atoms with van der Waals surface area (Å²) in [6, 6.07) is 0. The van der Waals surface area contributed by atoms with E-state index in [-0.39, 0.29) is 43.7 Å². The topological polar surface area (TPSA) is 91.7 Å². The number of hydrogen-bond acceptors (Lipinski definition) is 3. The molecule has 0 atom stereocenters. The quantitative estimate of drug-likeness (QED) is 0.313. The summed E-state index contributed by atoms with van der Waals surface area (Å²) in [5, 5.41) is 8.41. The van der Waals surface area contributed by atoms with Crippen molar-refractivity contribution in [3.05, 3.63) is 11.6 Å². The Morgan fingerprint density at radius 1 is 1.50 bits per heavy atom. The van der Waals surface area contributed by atoms with Crippen LogP contribution < -0.4 is 0 Å². The summed E-state index contributed by atoms with van der Waals surface area (Å²) in [5.41, 5.74) is 0.176. The van der Waals surface area contributed by atoms with Gasteiger partial charge in [0.05, 0.1) is 5.75 Å². The third-order valence-electron chi connectivity index (χ3n) is 1.39. The maximum atomic E-state index is 10.3. The van der Waals surface area contributed by atoms with E-state index < -0.39 is 16.1 Å². The molecule has 80 valence electrons. The zero-order valence-corrected chi connectivity index (χ0v) is 10.2. The van der Waals surface area contributed by atoms with E-state index in [1.807, 2.05) is 0 Å². The first kappa shape index (κ1) is 16.3. The molecule has 5 nitrogen and oxygen atoms in total. The van der Waals surface area contributed by atoms with Gasteiger partial charge in [-0.1, -0.05) is 6.08 Å². The Labute approximate surface area is 102 Å². The minimum absolute atomic E-state index is 0. The van der Waals surface area contributed by atoms with Gasteiger partial charge in [-0.3, -0.25) is 4.55 Å². The molecule has 0 heterocycles. The van der Waals surface area contributed by atoms with E-state index in [0.717, 1.165) is 0 Å². The van der Waals surface area contributed by atoms with Crippen LogP contribution in [0.2, 0.25) is 0 Å². The second kappa shape index (κ2) is 7.21. The molecule has 0 aromatic heterocycles. The molecule has 0 aromatic rings. The van der Waals surface area contributed by atoms with Crippen LogP contribution in [0.4, 0.5) is 0 Å². The molecule has 7 heteroatoms. The van der Waals surface area contributed by atoms with Gasteiger partial charge in [0.15, 0.2) is 0 Å². The van der Waals surface area contributed by atoms with Crippen LogP contribution in [0.15, 0.2) is 11.6 Å². The van der Waals surface area contributed by atoms with Gasteiger partial charge >= 0.3 is 29.0 Å². The predicted molar refractivity (Wildman–Crippen MR) is 55.0 cm³/mol. The summed E-state index contributed by atoms with van der Waals surface area (Å²) in [4.78, 5) is 10.3. The summed E-state index contributed by atoms with van der Waals surface area (Å²) in [5.74, 6) is -1.36. The number of carboxylic acid groups (broad SMARTS) is 1. The zero-order chi connectivity index (χ0) is 10.5. The normalized spacial score (nSPS) is 12.0. The van der Waals surface area contributed by atoms with Crippen LogP contribution in [0, 0.1) is 0 Å². The molecule has 0 aliphatic rings. The fourth-order valence-electron chi connectivity index (χ4n) is 0.672. The minimum Gasteiger partial charge on any atom is -1.00 e. The molecular weight excluding hydrogens is 220 g/mol. The number of allylic oxidation sites excluding steroid dienone is 1. The van der Waals surface area contributed by atoms with Crippen molar-refractivity contribution in [3.63, 3.8) is 0 Å². The molecule has 14 heavy (non-hydrogen) atoms. The zero-order valence-electron chi connectivity index (χ0n) is 9.93. The largest absolute Gasteiger partial charge is 2.00 e. The molecule has 0 aromatic carbocycles. The fourth-order valence-corrected chi connectivity index (χ4v) is 1.20. The van der Waals surface area contributed by atoms with Gasteiger partial charge in [-0.15, -0.1) is 0 Å². The molecule has 0 amide bonds. The van der Waals surface area contributed by atoms with Gasteiger partial charge in [0.1, 0.15) is 0 Å². The Morgan fingerprint density at radius 3 is 2.36 bits per heavy atom. The summed E-state index contributed by atoms with van der Waals surface area (Å²) in [7, 11) is -3.92. The Morgan fingerprint density at radius 2 is 2.00 bits per heavy atom. The van der Waals surface area contributed by atoms with Crippen LogP contribution in [0.25, 0.3) is 0 Å². The molecule has 0 aliphatic carbocycles. The molecule has 0 rings (SSSR count). The van der Waals surface area contributed by atoms with Crippen molar-refractivity contribution < 1.29 is 25.7 Å². The van der Waals surface area contributed by atoms with Gasteiger partial charge < -0.3 is 7.96 Å². The van der Waals surface area contributed by atoms with Crippen molar-refractivity contribution in [1.29, 1.82) is 0 Å². The molecule has 0 saturated carbocycles. The van der Waals surface area contributed by atoms with Crippen LogP contribution in [-0.4, -0.2) is 52.9 Å². The Kier molecular flexibility index (Phi) is 8.41. The van der Waals surface area contributed by atoms with Gasteiger partial charge in [0, 0.05) is 5.57 Å². The molecule has 0 spiro atoms. The molecule has 2 N–H and O–H groups in total. The van der Waals surface area contributed by atoms with Crippen LogP contribution in [-0.2, 0) is 14.9 Å². The van der Waals surface area contributed by atoms with Gasteiger partial charge in [0.25, 0.3) is 10.1 Å². The van der Waals surface area contributed by atoms with Crippen LogP contribution in [0.5, 0.6) is 0 Å². The van der Waals surface area contributed by atoms with Crippen LogP contribution in [0.1, 0.15) is 22.6 Å². The smallest absolute Gasteiger partial charge is 1.00 e. The standard InChI is InChI=1S/C7H12O5S.Mg.2H/c1-6(7(8)9)4-2-3-5-13(10,11)12;;;/h4H,2-3,5H2,1H3,(H,8,9)(H,10,11,12);;;/q;+2;2*-1. The Bertz CT molecular complexity index is 315. The van der Waals surface area contributed by atoms with E-state index in [1.165, 1.54) is 13.0 Å². The molecule has 0 saturated heterocycles. The average Bonchev–Trinajstić information content (AvgIpc) is 1.95. The summed E-state index contributed by atoms with van der Waals surface area (Å²) >= 11 is 0. The average molecular weight is 235 g/mol. The van der Waals surface area contributed by atoms with Gasteiger partial charge in [-0.25, -0.2) is 4.79 Å². The number of rotatable bonds is 5. The van der Waals surface area contributed by atoms with E-state index in [9.17, 15) is 13.2 Å². The molecule has 0 fully saturated rings. The maximum absolute atomic E-state index is 10.3. The van der Waals surface area contributed by atoms with E-state index in [4.69, 9.17) is 9.66 Å².